The smallest absolute Gasteiger partial charge is 0.261 e. The molecule has 0 heterocycles. The average Bonchev–Trinajstić information content (AvgIpc) is 2.72. The first kappa shape index (κ1) is 21.4. The summed E-state index contributed by atoms with van der Waals surface area (Å²) in [6.45, 7) is 4.40. The monoisotopic (exact) mass is 386 g/mol. The molecular formula is C22H27FN2O3. The average molecular weight is 386 g/mol. The molecule has 28 heavy (non-hydrogen) atoms. The minimum atomic E-state index is -0.622. The summed E-state index contributed by atoms with van der Waals surface area (Å²) in [5, 5.41) is 2.85. The lowest BCUT2D eigenvalue weighted by molar-refractivity contribution is -0.143. The molecule has 2 aromatic rings. The summed E-state index contributed by atoms with van der Waals surface area (Å²) < 4.78 is 18.8. The van der Waals surface area contributed by atoms with Gasteiger partial charge >= 0.3 is 0 Å². The first-order valence-electron chi connectivity index (χ1n) is 9.54. The van der Waals surface area contributed by atoms with Crippen LogP contribution < -0.4 is 10.1 Å². The SMILES string of the molecule is CCCNC(=O)C(CC)N(Cc1ccc(F)cc1)C(=O)COc1ccccc1. The van der Waals surface area contributed by atoms with Gasteiger partial charge in [-0.1, -0.05) is 44.2 Å². The number of carbonyl (C=O) groups is 2. The van der Waals surface area contributed by atoms with Crippen LogP contribution in [0.5, 0.6) is 5.75 Å². The number of nitrogens with zero attached hydrogens (tertiary/aromatic N) is 1. The molecule has 0 aliphatic heterocycles. The van der Waals surface area contributed by atoms with Gasteiger partial charge in [0.25, 0.3) is 5.91 Å². The van der Waals surface area contributed by atoms with E-state index in [-0.39, 0.29) is 30.8 Å². The van der Waals surface area contributed by atoms with Crippen molar-refractivity contribution in [2.45, 2.75) is 39.3 Å². The standard InChI is InChI=1S/C22H27FN2O3/c1-3-14-24-22(27)20(4-2)25(15-17-10-12-18(23)13-11-17)21(26)16-28-19-8-6-5-7-9-19/h5-13,20H,3-4,14-16H2,1-2H3,(H,24,27). The quantitative estimate of drug-likeness (QED) is 0.680. The Morgan fingerprint density at radius 2 is 1.75 bits per heavy atom. The number of hydrogen-bond acceptors (Lipinski definition) is 3. The molecule has 0 radical (unpaired) electrons. The summed E-state index contributed by atoms with van der Waals surface area (Å²) >= 11 is 0. The normalized spacial score (nSPS) is 11.5. The van der Waals surface area contributed by atoms with Crippen LogP contribution in [0.25, 0.3) is 0 Å². The number of benzene rings is 2. The van der Waals surface area contributed by atoms with E-state index in [1.807, 2.05) is 32.0 Å². The van der Waals surface area contributed by atoms with E-state index in [1.165, 1.54) is 17.0 Å². The van der Waals surface area contributed by atoms with E-state index >= 15 is 0 Å². The fraction of sp³-hybridized carbons (Fsp3) is 0.364. The molecule has 0 fully saturated rings. The number of amides is 2. The van der Waals surface area contributed by atoms with Gasteiger partial charge in [-0.15, -0.1) is 0 Å². The Labute approximate surface area is 165 Å². The van der Waals surface area contributed by atoms with E-state index in [4.69, 9.17) is 4.74 Å². The van der Waals surface area contributed by atoms with Gasteiger partial charge in [-0.3, -0.25) is 9.59 Å². The highest BCUT2D eigenvalue weighted by Gasteiger charge is 2.28. The van der Waals surface area contributed by atoms with Gasteiger partial charge in [0.05, 0.1) is 0 Å². The van der Waals surface area contributed by atoms with Crippen LogP contribution in [-0.4, -0.2) is 35.9 Å². The van der Waals surface area contributed by atoms with Crippen molar-refractivity contribution in [2.24, 2.45) is 0 Å². The third-order valence-corrected chi connectivity index (χ3v) is 4.31. The Morgan fingerprint density at radius 1 is 1.07 bits per heavy atom. The van der Waals surface area contributed by atoms with Gasteiger partial charge in [0.2, 0.25) is 5.91 Å². The number of carbonyl (C=O) groups excluding carboxylic acids is 2. The molecular weight excluding hydrogens is 359 g/mol. The summed E-state index contributed by atoms with van der Waals surface area (Å²) in [7, 11) is 0. The van der Waals surface area contributed by atoms with E-state index < -0.39 is 6.04 Å². The number of nitrogens with one attached hydrogen (secondary N) is 1. The van der Waals surface area contributed by atoms with Crippen LogP contribution in [-0.2, 0) is 16.1 Å². The van der Waals surface area contributed by atoms with E-state index in [2.05, 4.69) is 5.32 Å². The lowest BCUT2D eigenvalue weighted by Crippen LogP contribution is -2.50. The Bertz CT molecular complexity index is 750. The van der Waals surface area contributed by atoms with Crippen molar-refractivity contribution in [1.82, 2.24) is 10.2 Å². The molecule has 5 nitrogen and oxygen atoms in total. The van der Waals surface area contributed by atoms with Crippen molar-refractivity contribution in [3.63, 3.8) is 0 Å². The number of rotatable bonds is 10. The molecule has 1 N–H and O–H groups in total. The van der Waals surface area contributed by atoms with Crippen LogP contribution >= 0.6 is 0 Å². The highest BCUT2D eigenvalue weighted by Crippen LogP contribution is 2.15. The van der Waals surface area contributed by atoms with E-state index in [0.717, 1.165) is 12.0 Å². The fourth-order valence-corrected chi connectivity index (χ4v) is 2.82. The molecule has 6 heteroatoms. The summed E-state index contributed by atoms with van der Waals surface area (Å²) in [6, 6.07) is 14.3. The molecule has 150 valence electrons. The minimum absolute atomic E-state index is 0.178. The zero-order chi connectivity index (χ0) is 20.4. The van der Waals surface area contributed by atoms with Gasteiger partial charge in [0.1, 0.15) is 17.6 Å². The molecule has 0 aliphatic carbocycles. The number of halogens is 1. The molecule has 1 unspecified atom stereocenters. The predicted octanol–water partition coefficient (Wildman–Crippen LogP) is 3.54. The van der Waals surface area contributed by atoms with Crippen LogP contribution in [0.3, 0.4) is 0 Å². The van der Waals surface area contributed by atoms with Gasteiger partial charge in [0.15, 0.2) is 6.61 Å². The van der Waals surface area contributed by atoms with Crippen molar-refractivity contribution < 1.29 is 18.7 Å². The van der Waals surface area contributed by atoms with E-state index in [9.17, 15) is 14.0 Å². The third kappa shape index (κ3) is 6.37. The second-order valence-corrected chi connectivity index (χ2v) is 6.46. The molecule has 0 spiro atoms. The Morgan fingerprint density at radius 3 is 2.36 bits per heavy atom. The Hall–Kier alpha value is -2.89. The number of hydrogen-bond donors (Lipinski definition) is 1. The van der Waals surface area contributed by atoms with Crippen molar-refractivity contribution in [3.05, 3.63) is 66.0 Å². The van der Waals surface area contributed by atoms with Crippen LogP contribution in [0.15, 0.2) is 54.6 Å². The fourth-order valence-electron chi connectivity index (χ4n) is 2.82. The van der Waals surface area contributed by atoms with E-state index in [1.54, 1.807) is 24.3 Å². The zero-order valence-corrected chi connectivity index (χ0v) is 16.4. The number of para-hydroxylation sites is 1. The van der Waals surface area contributed by atoms with Crippen LogP contribution in [0.2, 0.25) is 0 Å². The van der Waals surface area contributed by atoms with Gasteiger partial charge in [-0.25, -0.2) is 4.39 Å². The maximum atomic E-state index is 13.2. The maximum Gasteiger partial charge on any atom is 0.261 e. The second-order valence-electron chi connectivity index (χ2n) is 6.46. The summed E-state index contributed by atoms with van der Waals surface area (Å²) in [5.41, 5.74) is 0.746. The minimum Gasteiger partial charge on any atom is -0.484 e. The summed E-state index contributed by atoms with van der Waals surface area (Å²) in [4.78, 5) is 27.0. The lowest BCUT2D eigenvalue weighted by Gasteiger charge is -2.30. The second kappa shape index (κ2) is 11.1. The molecule has 0 saturated carbocycles. The Balaban J connectivity index is 2.16. The zero-order valence-electron chi connectivity index (χ0n) is 16.4. The largest absolute Gasteiger partial charge is 0.484 e. The van der Waals surface area contributed by atoms with Crippen molar-refractivity contribution >= 4 is 11.8 Å². The van der Waals surface area contributed by atoms with Gasteiger partial charge in [0, 0.05) is 13.1 Å². The highest BCUT2D eigenvalue weighted by atomic mass is 19.1. The first-order chi connectivity index (χ1) is 13.5. The van der Waals surface area contributed by atoms with Crippen LogP contribution in [0.4, 0.5) is 4.39 Å². The molecule has 2 aromatic carbocycles. The highest BCUT2D eigenvalue weighted by molar-refractivity contribution is 5.88. The lowest BCUT2D eigenvalue weighted by atomic mass is 10.1. The van der Waals surface area contributed by atoms with E-state index in [0.29, 0.717) is 18.7 Å². The molecule has 0 bridgehead atoms. The molecule has 0 saturated heterocycles. The van der Waals surface area contributed by atoms with Gasteiger partial charge in [-0.2, -0.15) is 0 Å². The van der Waals surface area contributed by atoms with Crippen molar-refractivity contribution in [3.8, 4) is 5.75 Å². The van der Waals surface area contributed by atoms with Crippen LogP contribution in [0.1, 0.15) is 32.3 Å². The maximum absolute atomic E-state index is 13.2. The molecule has 0 aromatic heterocycles. The molecule has 1 atom stereocenters. The molecule has 0 aliphatic rings. The third-order valence-electron chi connectivity index (χ3n) is 4.31. The van der Waals surface area contributed by atoms with Gasteiger partial charge in [-0.05, 0) is 42.7 Å². The predicted molar refractivity (Wildman–Crippen MR) is 106 cm³/mol. The topological polar surface area (TPSA) is 58.6 Å². The van der Waals surface area contributed by atoms with Gasteiger partial charge < -0.3 is 15.0 Å². The molecule has 2 rings (SSSR count). The van der Waals surface area contributed by atoms with Crippen molar-refractivity contribution in [1.29, 1.82) is 0 Å². The molecule has 2 amide bonds. The van der Waals surface area contributed by atoms with Crippen LogP contribution in [0, 0.1) is 5.82 Å². The Kier molecular flexibility index (Phi) is 8.46. The van der Waals surface area contributed by atoms with Crippen molar-refractivity contribution in [2.75, 3.05) is 13.2 Å². The summed E-state index contributed by atoms with van der Waals surface area (Å²) in [5.74, 6) is -0.256. The first-order valence-corrected chi connectivity index (χ1v) is 9.54. The number of ether oxygens (including phenoxy) is 1. The summed E-state index contributed by atoms with van der Waals surface area (Å²) in [6.07, 6.45) is 1.28.